The number of nitrogens with one attached hydrogen (secondary N) is 2. The average molecular weight is 342 g/mol. The summed E-state index contributed by atoms with van der Waals surface area (Å²) in [6.45, 7) is 4.34. The zero-order chi connectivity index (χ0) is 14.9. The highest BCUT2D eigenvalue weighted by atomic mass is 79.9. The molecule has 1 aromatic carbocycles. The molecule has 1 aromatic rings. The zero-order valence-electron chi connectivity index (χ0n) is 11.9. The number of halogens is 1. The van der Waals surface area contributed by atoms with Gasteiger partial charge in [-0.15, -0.1) is 0 Å². The minimum absolute atomic E-state index is 0.224. The van der Waals surface area contributed by atoms with E-state index in [1.54, 1.807) is 19.2 Å². The lowest BCUT2D eigenvalue weighted by Crippen LogP contribution is -2.32. The Bertz CT molecular complexity index is 519. The van der Waals surface area contributed by atoms with Gasteiger partial charge in [-0.3, -0.25) is 0 Å². The predicted octanol–water partition coefficient (Wildman–Crippen LogP) is 3.21. The average Bonchev–Trinajstić information content (AvgIpc) is 3.12. The highest BCUT2D eigenvalue weighted by Crippen LogP contribution is 2.37. The molecule has 0 saturated heterocycles. The first-order valence-corrected chi connectivity index (χ1v) is 7.42. The molecule has 2 amide bonds. The van der Waals surface area contributed by atoms with Crippen molar-refractivity contribution in [1.82, 2.24) is 5.32 Å². The van der Waals surface area contributed by atoms with Crippen LogP contribution in [-0.4, -0.2) is 19.2 Å². The summed E-state index contributed by atoms with van der Waals surface area (Å²) in [6.07, 6.45) is 1.05. The fourth-order valence-corrected chi connectivity index (χ4v) is 2.60. The number of carbonyl (C=O) groups excluding carboxylic acids is 1. The molecule has 0 bridgehead atoms. The molecule has 1 saturated carbocycles. The smallest absolute Gasteiger partial charge is 0.319 e. The van der Waals surface area contributed by atoms with Crippen molar-refractivity contribution in [3.63, 3.8) is 0 Å². The van der Waals surface area contributed by atoms with Gasteiger partial charge in [-0.1, -0.05) is 13.8 Å². The van der Waals surface area contributed by atoms with E-state index in [1.807, 2.05) is 0 Å². The molecule has 1 aliphatic carbocycles. The van der Waals surface area contributed by atoms with Gasteiger partial charge in [0.2, 0.25) is 0 Å². The molecule has 4 N–H and O–H groups in total. The van der Waals surface area contributed by atoms with Gasteiger partial charge in [-0.25, -0.2) is 4.79 Å². The van der Waals surface area contributed by atoms with E-state index in [2.05, 4.69) is 40.4 Å². The second-order valence-corrected chi connectivity index (χ2v) is 6.28. The van der Waals surface area contributed by atoms with Crippen LogP contribution in [0.15, 0.2) is 16.6 Å². The fraction of sp³-hybridized carbons (Fsp3) is 0.500. The Morgan fingerprint density at radius 2 is 2.20 bits per heavy atom. The SMILES string of the molecule is COc1cc(Br)c(N)cc1NC(=O)NC1CC1C(C)C. The molecule has 1 aliphatic rings. The predicted molar refractivity (Wildman–Crippen MR) is 84.0 cm³/mol. The molecule has 110 valence electrons. The van der Waals surface area contributed by atoms with E-state index in [0.717, 1.165) is 10.9 Å². The summed E-state index contributed by atoms with van der Waals surface area (Å²) in [6, 6.07) is 3.46. The Morgan fingerprint density at radius 1 is 1.50 bits per heavy atom. The van der Waals surface area contributed by atoms with Gasteiger partial charge in [0.05, 0.1) is 12.8 Å². The second-order valence-electron chi connectivity index (χ2n) is 5.42. The van der Waals surface area contributed by atoms with Gasteiger partial charge < -0.3 is 21.1 Å². The molecule has 6 heteroatoms. The van der Waals surface area contributed by atoms with Crippen molar-refractivity contribution in [3.8, 4) is 5.75 Å². The van der Waals surface area contributed by atoms with Crippen molar-refractivity contribution in [1.29, 1.82) is 0 Å². The monoisotopic (exact) mass is 341 g/mol. The van der Waals surface area contributed by atoms with Gasteiger partial charge >= 0.3 is 6.03 Å². The number of methoxy groups -OCH3 is 1. The molecule has 20 heavy (non-hydrogen) atoms. The number of ether oxygens (including phenoxy) is 1. The molecule has 0 aromatic heterocycles. The number of urea groups is 1. The third-order valence-electron chi connectivity index (χ3n) is 3.58. The molecule has 0 spiro atoms. The van der Waals surface area contributed by atoms with E-state index in [4.69, 9.17) is 10.5 Å². The van der Waals surface area contributed by atoms with E-state index in [9.17, 15) is 4.79 Å². The third-order valence-corrected chi connectivity index (χ3v) is 4.27. The number of hydrogen-bond acceptors (Lipinski definition) is 3. The van der Waals surface area contributed by atoms with Crippen molar-refractivity contribution in [2.45, 2.75) is 26.3 Å². The van der Waals surface area contributed by atoms with Crippen LogP contribution < -0.4 is 21.1 Å². The molecule has 2 atom stereocenters. The van der Waals surface area contributed by atoms with Crippen LogP contribution in [0.3, 0.4) is 0 Å². The van der Waals surface area contributed by atoms with Gasteiger partial charge in [0.15, 0.2) is 0 Å². The maximum atomic E-state index is 12.0. The third kappa shape index (κ3) is 3.36. The number of carbonyl (C=O) groups is 1. The summed E-state index contributed by atoms with van der Waals surface area (Å²) >= 11 is 3.33. The van der Waals surface area contributed by atoms with Gasteiger partial charge in [-0.2, -0.15) is 0 Å². The van der Waals surface area contributed by atoms with Crippen LogP contribution in [0.25, 0.3) is 0 Å². The molecule has 0 heterocycles. The molecule has 0 aliphatic heterocycles. The lowest BCUT2D eigenvalue weighted by atomic mass is 10.1. The minimum atomic E-state index is -0.224. The lowest BCUT2D eigenvalue weighted by molar-refractivity contribution is 0.250. The van der Waals surface area contributed by atoms with Gasteiger partial charge in [0.1, 0.15) is 5.75 Å². The Hall–Kier alpha value is -1.43. The second kappa shape index (κ2) is 5.91. The molecule has 0 radical (unpaired) electrons. The topological polar surface area (TPSA) is 76.4 Å². The summed E-state index contributed by atoms with van der Waals surface area (Å²) < 4.78 is 5.97. The summed E-state index contributed by atoms with van der Waals surface area (Å²) in [5, 5.41) is 5.75. The molecule has 5 nitrogen and oxygen atoms in total. The highest BCUT2D eigenvalue weighted by Gasteiger charge is 2.40. The number of nitrogen functional groups attached to an aromatic ring is 1. The fourth-order valence-electron chi connectivity index (χ4n) is 2.28. The number of amides is 2. The van der Waals surface area contributed by atoms with Crippen molar-refractivity contribution in [2.75, 3.05) is 18.2 Å². The number of rotatable bonds is 4. The molecule has 2 unspecified atom stereocenters. The number of benzene rings is 1. The largest absolute Gasteiger partial charge is 0.495 e. The van der Waals surface area contributed by atoms with E-state index < -0.39 is 0 Å². The van der Waals surface area contributed by atoms with Crippen molar-refractivity contribution in [2.24, 2.45) is 11.8 Å². The lowest BCUT2D eigenvalue weighted by Gasteiger charge is -2.13. The highest BCUT2D eigenvalue weighted by molar-refractivity contribution is 9.10. The maximum Gasteiger partial charge on any atom is 0.319 e. The standard InChI is InChI=1S/C14H20BrN3O2/c1-7(2)8-4-11(8)17-14(19)18-12-6-10(16)9(15)5-13(12)20-3/h5-8,11H,4,16H2,1-3H3,(H2,17,18,19). The maximum absolute atomic E-state index is 12.0. The summed E-state index contributed by atoms with van der Waals surface area (Å²) in [4.78, 5) is 12.0. The van der Waals surface area contributed by atoms with Crippen LogP contribution in [0.5, 0.6) is 5.75 Å². The van der Waals surface area contributed by atoms with Gasteiger partial charge in [-0.05, 0) is 46.3 Å². The molecule has 1 fully saturated rings. The Morgan fingerprint density at radius 3 is 2.75 bits per heavy atom. The van der Waals surface area contributed by atoms with Crippen LogP contribution in [0.4, 0.5) is 16.2 Å². The summed E-state index contributed by atoms with van der Waals surface area (Å²) in [7, 11) is 1.55. The first kappa shape index (κ1) is 15.0. The van der Waals surface area contributed by atoms with Crippen LogP contribution in [-0.2, 0) is 0 Å². The van der Waals surface area contributed by atoms with Gasteiger partial charge in [0, 0.05) is 16.2 Å². The summed E-state index contributed by atoms with van der Waals surface area (Å²) in [5.41, 5.74) is 6.93. The normalized spacial score (nSPS) is 20.6. The Labute approximate surface area is 127 Å². The van der Waals surface area contributed by atoms with Crippen LogP contribution in [0.2, 0.25) is 0 Å². The van der Waals surface area contributed by atoms with Gasteiger partial charge in [0.25, 0.3) is 0 Å². The van der Waals surface area contributed by atoms with Crippen molar-refractivity contribution >= 4 is 33.3 Å². The number of hydrogen-bond donors (Lipinski definition) is 3. The Balaban J connectivity index is 1.99. The Kier molecular flexibility index (Phi) is 4.42. The van der Waals surface area contributed by atoms with Crippen molar-refractivity contribution < 1.29 is 9.53 Å². The van der Waals surface area contributed by atoms with Crippen LogP contribution in [0.1, 0.15) is 20.3 Å². The van der Waals surface area contributed by atoms with E-state index in [0.29, 0.717) is 29.0 Å². The van der Waals surface area contributed by atoms with Crippen LogP contribution in [0, 0.1) is 11.8 Å². The van der Waals surface area contributed by atoms with E-state index >= 15 is 0 Å². The molecular weight excluding hydrogens is 322 g/mol. The van der Waals surface area contributed by atoms with Crippen LogP contribution >= 0.6 is 15.9 Å². The number of nitrogens with two attached hydrogens (primary N) is 1. The van der Waals surface area contributed by atoms with E-state index in [1.165, 1.54) is 0 Å². The first-order chi connectivity index (χ1) is 9.42. The number of anilines is 2. The quantitative estimate of drug-likeness (QED) is 0.736. The summed E-state index contributed by atoms with van der Waals surface area (Å²) in [5.74, 6) is 1.74. The molecular formula is C14H20BrN3O2. The van der Waals surface area contributed by atoms with E-state index in [-0.39, 0.29) is 12.1 Å². The first-order valence-electron chi connectivity index (χ1n) is 6.63. The minimum Gasteiger partial charge on any atom is -0.495 e. The molecule has 2 rings (SSSR count). The zero-order valence-corrected chi connectivity index (χ0v) is 13.5. The van der Waals surface area contributed by atoms with Crippen molar-refractivity contribution in [3.05, 3.63) is 16.6 Å².